The smallest absolute Gasteiger partial charge is 0.271 e. The van der Waals surface area contributed by atoms with E-state index in [0.717, 1.165) is 15.8 Å². The van der Waals surface area contributed by atoms with Gasteiger partial charge in [0.15, 0.2) is 5.17 Å². The molecule has 1 fully saturated rings. The van der Waals surface area contributed by atoms with Crippen LogP contribution in [0, 0.1) is 0 Å². The van der Waals surface area contributed by atoms with E-state index < -0.39 is 0 Å². The number of halogens is 1. The molecule has 0 aromatic heterocycles. The summed E-state index contributed by atoms with van der Waals surface area (Å²) in [6, 6.07) is 24.1. The Morgan fingerprint density at radius 1 is 0.964 bits per heavy atom. The molecule has 0 saturated carbocycles. The first-order chi connectivity index (χ1) is 13.6. The zero-order valence-corrected chi connectivity index (χ0v) is 17.0. The Bertz CT molecular complexity index is 1080. The van der Waals surface area contributed by atoms with Gasteiger partial charge >= 0.3 is 0 Å². The molecule has 138 valence electrons. The van der Waals surface area contributed by atoms with Gasteiger partial charge in [-0.3, -0.25) is 9.69 Å². The normalized spacial score (nSPS) is 16.9. The van der Waals surface area contributed by atoms with E-state index in [0.29, 0.717) is 15.6 Å². The summed E-state index contributed by atoms with van der Waals surface area (Å²) >= 11 is 4.69. The van der Waals surface area contributed by atoms with Crippen LogP contribution in [-0.2, 0) is 4.79 Å². The van der Waals surface area contributed by atoms with E-state index in [1.54, 1.807) is 29.2 Å². The molecule has 0 spiro atoms. The van der Waals surface area contributed by atoms with Gasteiger partial charge in [-0.05, 0) is 60.3 Å². The molecule has 0 bridgehead atoms. The van der Waals surface area contributed by atoms with Crippen LogP contribution in [0.1, 0.15) is 5.56 Å². The molecule has 6 heteroatoms. The third-order valence-corrected chi connectivity index (χ3v) is 5.54. The highest BCUT2D eigenvalue weighted by Crippen LogP contribution is 2.38. The number of phenols is 1. The number of anilines is 1. The summed E-state index contributed by atoms with van der Waals surface area (Å²) in [7, 11) is 0. The highest BCUT2D eigenvalue weighted by Gasteiger charge is 2.34. The molecule has 0 radical (unpaired) electrons. The molecule has 28 heavy (non-hydrogen) atoms. The van der Waals surface area contributed by atoms with E-state index >= 15 is 0 Å². The standard InChI is InChI=1S/C22H15BrN2O2S/c23-16-11-12-19(26)15(13-16)14-20-21(27)25(18-9-5-2-6-10-18)22(28-20)24-17-7-3-1-4-8-17/h1-14,26H/b20-14+,24-22?. The van der Waals surface area contributed by atoms with Gasteiger partial charge < -0.3 is 5.11 Å². The van der Waals surface area contributed by atoms with Gasteiger partial charge in [0.05, 0.1) is 16.3 Å². The zero-order chi connectivity index (χ0) is 19.5. The number of nitrogens with zero attached hydrogens (tertiary/aromatic N) is 2. The molecule has 3 aromatic carbocycles. The van der Waals surface area contributed by atoms with Crippen molar-refractivity contribution < 1.29 is 9.90 Å². The number of benzene rings is 3. The third-order valence-electron chi connectivity index (χ3n) is 4.08. The molecule has 0 unspecified atom stereocenters. The summed E-state index contributed by atoms with van der Waals surface area (Å²) in [5.74, 6) is -0.0611. The molecule has 1 amide bonds. The van der Waals surface area contributed by atoms with Crippen LogP contribution in [0.25, 0.3) is 6.08 Å². The van der Waals surface area contributed by atoms with Crippen molar-refractivity contribution in [1.29, 1.82) is 0 Å². The Kier molecular flexibility index (Phi) is 5.32. The van der Waals surface area contributed by atoms with Crippen molar-refractivity contribution in [3.63, 3.8) is 0 Å². The molecule has 1 heterocycles. The molecule has 0 aliphatic carbocycles. The Balaban J connectivity index is 1.79. The van der Waals surface area contributed by atoms with Gasteiger partial charge in [-0.15, -0.1) is 0 Å². The van der Waals surface area contributed by atoms with Crippen LogP contribution in [-0.4, -0.2) is 16.2 Å². The maximum atomic E-state index is 13.2. The molecule has 3 aromatic rings. The van der Waals surface area contributed by atoms with Crippen molar-refractivity contribution >= 4 is 56.2 Å². The molecule has 4 rings (SSSR count). The predicted octanol–water partition coefficient (Wildman–Crippen LogP) is 5.96. The van der Waals surface area contributed by atoms with Gasteiger partial charge in [0.2, 0.25) is 0 Å². The first-order valence-corrected chi connectivity index (χ1v) is 10.1. The maximum Gasteiger partial charge on any atom is 0.271 e. The fourth-order valence-corrected chi connectivity index (χ4v) is 4.12. The molecule has 1 aliphatic heterocycles. The monoisotopic (exact) mass is 450 g/mol. The molecule has 4 nitrogen and oxygen atoms in total. The number of amidine groups is 1. The lowest BCUT2D eigenvalue weighted by atomic mass is 10.2. The van der Waals surface area contributed by atoms with E-state index in [2.05, 4.69) is 20.9 Å². The fraction of sp³-hybridized carbons (Fsp3) is 0. The maximum absolute atomic E-state index is 13.2. The van der Waals surface area contributed by atoms with Gasteiger partial charge in [0, 0.05) is 10.0 Å². The molecular formula is C22H15BrN2O2S. The summed E-state index contributed by atoms with van der Waals surface area (Å²) in [4.78, 5) is 19.9. The third kappa shape index (κ3) is 3.88. The minimum Gasteiger partial charge on any atom is -0.507 e. The molecule has 1 aliphatic rings. The summed E-state index contributed by atoms with van der Waals surface area (Å²) in [5, 5.41) is 10.7. The SMILES string of the molecule is O=C1/C(=C\c2cc(Br)ccc2O)SC(=Nc2ccccc2)N1c1ccccc1. The van der Waals surface area contributed by atoms with E-state index in [1.807, 2.05) is 60.7 Å². The first kappa shape index (κ1) is 18.5. The second kappa shape index (κ2) is 8.04. The Morgan fingerprint density at radius 2 is 1.64 bits per heavy atom. The fourth-order valence-electron chi connectivity index (χ4n) is 2.75. The van der Waals surface area contributed by atoms with Crippen LogP contribution in [0.4, 0.5) is 11.4 Å². The van der Waals surface area contributed by atoms with Crippen molar-refractivity contribution in [1.82, 2.24) is 0 Å². The minimum atomic E-state index is -0.176. The van der Waals surface area contributed by atoms with Crippen LogP contribution in [0.3, 0.4) is 0 Å². The highest BCUT2D eigenvalue weighted by atomic mass is 79.9. The highest BCUT2D eigenvalue weighted by molar-refractivity contribution is 9.10. The van der Waals surface area contributed by atoms with Gasteiger partial charge in [-0.25, -0.2) is 4.99 Å². The number of para-hydroxylation sites is 2. The van der Waals surface area contributed by atoms with Gasteiger partial charge in [0.1, 0.15) is 5.75 Å². The minimum absolute atomic E-state index is 0.115. The number of carbonyl (C=O) groups is 1. The largest absolute Gasteiger partial charge is 0.507 e. The molecule has 1 saturated heterocycles. The Hall–Kier alpha value is -2.83. The van der Waals surface area contributed by atoms with Gasteiger partial charge in [-0.2, -0.15) is 0 Å². The van der Waals surface area contributed by atoms with Crippen molar-refractivity contribution in [3.05, 3.63) is 93.8 Å². The van der Waals surface area contributed by atoms with Crippen LogP contribution >= 0.6 is 27.7 Å². The van der Waals surface area contributed by atoms with Crippen molar-refractivity contribution in [2.75, 3.05) is 4.90 Å². The Labute approximate surface area is 175 Å². The van der Waals surface area contributed by atoms with Crippen molar-refractivity contribution in [3.8, 4) is 5.75 Å². The predicted molar refractivity (Wildman–Crippen MR) is 119 cm³/mol. The summed E-state index contributed by atoms with van der Waals surface area (Å²) < 4.78 is 0.825. The van der Waals surface area contributed by atoms with E-state index in [-0.39, 0.29) is 11.7 Å². The summed E-state index contributed by atoms with van der Waals surface area (Å²) in [5.41, 5.74) is 2.08. The first-order valence-electron chi connectivity index (χ1n) is 8.53. The Morgan fingerprint density at radius 3 is 2.36 bits per heavy atom. The van der Waals surface area contributed by atoms with E-state index in [9.17, 15) is 9.90 Å². The van der Waals surface area contributed by atoms with Crippen LogP contribution in [0.15, 0.2) is 93.2 Å². The van der Waals surface area contributed by atoms with Crippen LogP contribution in [0.5, 0.6) is 5.75 Å². The number of aromatic hydroxyl groups is 1. The molecule has 1 N–H and O–H groups in total. The lowest BCUT2D eigenvalue weighted by Gasteiger charge is -2.15. The van der Waals surface area contributed by atoms with Crippen molar-refractivity contribution in [2.24, 2.45) is 4.99 Å². The number of carbonyl (C=O) groups excluding carboxylic acids is 1. The van der Waals surface area contributed by atoms with E-state index in [1.165, 1.54) is 11.8 Å². The number of hydrogen-bond acceptors (Lipinski definition) is 4. The average Bonchev–Trinajstić information content (AvgIpc) is 3.01. The quantitative estimate of drug-likeness (QED) is 0.500. The summed E-state index contributed by atoms with van der Waals surface area (Å²) in [6.45, 7) is 0. The van der Waals surface area contributed by atoms with Crippen LogP contribution in [0.2, 0.25) is 0 Å². The van der Waals surface area contributed by atoms with Gasteiger partial charge in [0.25, 0.3) is 5.91 Å². The topological polar surface area (TPSA) is 52.9 Å². The lowest BCUT2D eigenvalue weighted by Crippen LogP contribution is -2.28. The lowest BCUT2D eigenvalue weighted by molar-refractivity contribution is -0.113. The number of rotatable bonds is 3. The van der Waals surface area contributed by atoms with Crippen molar-refractivity contribution in [2.45, 2.75) is 0 Å². The number of phenolic OH excluding ortho intramolecular Hbond substituents is 1. The molecular weight excluding hydrogens is 436 g/mol. The zero-order valence-electron chi connectivity index (χ0n) is 14.6. The van der Waals surface area contributed by atoms with Crippen LogP contribution < -0.4 is 4.90 Å². The average molecular weight is 451 g/mol. The second-order valence-electron chi connectivity index (χ2n) is 6.02. The number of amides is 1. The summed E-state index contributed by atoms with van der Waals surface area (Å²) in [6.07, 6.45) is 1.69. The second-order valence-corrected chi connectivity index (χ2v) is 7.94. The molecule has 0 atom stereocenters. The number of aliphatic imine (C=N–C) groups is 1. The number of thioether (sulfide) groups is 1. The number of hydrogen-bond donors (Lipinski definition) is 1. The van der Waals surface area contributed by atoms with Gasteiger partial charge in [-0.1, -0.05) is 52.3 Å². The van der Waals surface area contributed by atoms with E-state index in [4.69, 9.17) is 0 Å².